The standard InChI is InChI=1S/C11H13ClN2/c1-9(14-8-2-7-13)10-3-5-11(12)6-4-10/h3-6,9,14H,2,8H2,1H3/t9-/m1/s1. The van der Waals surface area contributed by atoms with Crippen LogP contribution >= 0.6 is 11.6 Å². The van der Waals surface area contributed by atoms with Gasteiger partial charge in [0.25, 0.3) is 0 Å². The van der Waals surface area contributed by atoms with Gasteiger partial charge in [0, 0.05) is 24.0 Å². The summed E-state index contributed by atoms with van der Waals surface area (Å²) >= 11 is 5.78. The Kier molecular flexibility index (Phi) is 4.45. The lowest BCUT2D eigenvalue weighted by Gasteiger charge is -2.12. The minimum atomic E-state index is 0.264. The van der Waals surface area contributed by atoms with E-state index in [0.29, 0.717) is 6.42 Å². The number of rotatable bonds is 4. The molecule has 1 rings (SSSR count). The summed E-state index contributed by atoms with van der Waals surface area (Å²) in [6.07, 6.45) is 0.540. The van der Waals surface area contributed by atoms with Crippen molar-refractivity contribution in [1.29, 1.82) is 5.26 Å². The lowest BCUT2D eigenvalue weighted by Crippen LogP contribution is -2.19. The summed E-state index contributed by atoms with van der Waals surface area (Å²) in [4.78, 5) is 0. The first-order chi connectivity index (χ1) is 6.74. The monoisotopic (exact) mass is 208 g/mol. The van der Waals surface area contributed by atoms with E-state index in [1.165, 1.54) is 5.56 Å². The normalized spacial score (nSPS) is 12.1. The third-order valence-electron chi connectivity index (χ3n) is 2.06. The Hall–Kier alpha value is -1.04. The van der Waals surface area contributed by atoms with Gasteiger partial charge in [-0.2, -0.15) is 5.26 Å². The zero-order chi connectivity index (χ0) is 10.4. The van der Waals surface area contributed by atoms with Crippen molar-refractivity contribution in [2.75, 3.05) is 6.54 Å². The number of hydrogen-bond donors (Lipinski definition) is 1. The smallest absolute Gasteiger partial charge is 0.0635 e. The Morgan fingerprint density at radius 2 is 2.07 bits per heavy atom. The van der Waals surface area contributed by atoms with Gasteiger partial charge < -0.3 is 5.32 Å². The number of nitrogens with one attached hydrogen (secondary N) is 1. The SMILES string of the molecule is C[C@@H](NCCC#N)c1ccc(Cl)cc1. The van der Waals surface area contributed by atoms with Gasteiger partial charge in [-0.25, -0.2) is 0 Å². The van der Waals surface area contributed by atoms with Crippen LogP contribution in [0.5, 0.6) is 0 Å². The van der Waals surface area contributed by atoms with Crippen LogP contribution in [0, 0.1) is 11.3 Å². The van der Waals surface area contributed by atoms with Gasteiger partial charge in [-0.15, -0.1) is 0 Å². The molecule has 74 valence electrons. The second-order valence-electron chi connectivity index (χ2n) is 3.14. The van der Waals surface area contributed by atoms with Crippen LogP contribution in [0.1, 0.15) is 24.9 Å². The molecule has 0 spiro atoms. The van der Waals surface area contributed by atoms with Crippen molar-refractivity contribution in [3.63, 3.8) is 0 Å². The highest BCUT2D eigenvalue weighted by Crippen LogP contribution is 2.15. The third kappa shape index (κ3) is 3.37. The van der Waals surface area contributed by atoms with Gasteiger partial charge in [0.05, 0.1) is 6.07 Å². The van der Waals surface area contributed by atoms with E-state index in [-0.39, 0.29) is 6.04 Å². The number of hydrogen-bond acceptors (Lipinski definition) is 2. The maximum Gasteiger partial charge on any atom is 0.0635 e. The van der Waals surface area contributed by atoms with Gasteiger partial charge in [0.2, 0.25) is 0 Å². The Balaban J connectivity index is 2.48. The quantitative estimate of drug-likeness (QED) is 0.773. The Morgan fingerprint density at radius 1 is 1.43 bits per heavy atom. The van der Waals surface area contributed by atoms with Gasteiger partial charge in [-0.3, -0.25) is 0 Å². The van der Waals surface area contributed by atoms with Gasteiger partial charge in [-0.1, -0.05) is 23.7 Å². The largest absolute Gasteiger partial charge is 0.309 e. The summed E-state index contributed by atoms with van der Waals surface area (Å²) in [5, 5.41) is 12.4. The van der Waals surface area contributed by atoms with Crippen molar-refractivity contribution in [3.8, 4) is 6.07 Å². The van der Waals surface area contributed by atoms with Crippen LogP contribution in [0.3, 0.4) is 0 Å². The topological polar surface area (TPSA) is 35.8 Å². The van der Waals surface area contributed by atoms with Crippen molar-refractivity contribution in [2.45, 2.75) is 19.4 Å². The van der Waals surface area contributed by atoms with Crippen LogP contribution in [-0.2, 0) is 0 Å². The molecule has 0 radical (unpaired) electrons. The summed E-state index contributed by atoms with van der Waals surface area (Å²) < 4.78 is 0. The molecule has 0 saturated carbocycles. The molecule has 0 aliphatic carbocycles. The summed E-state index contributed by atoms with van der Waals surface area (Å²) in [5.41, 5.74) is 1.19. The molecule has 2 nitrogen and oxygen atoms in total. The molecule has 0 aliphatic rings. The van der Waals surface area contributed by atoms with Crippen LogP contribution in [0.2, 0.25) is 5.02 Å². The van der Waals surface area contributed by atoms with Crippen LogP contribution < -0.4 is 5.32 Å². The van der Waals surface area contributed by atoms with Gasteiger partial charge in [0.15, 0.2) is 0 Å². The Bertz CT molecular complexity index is 313. The Labute approximate surface area is 89.5 Å². The maximum absolute atomic E-state index is 8.38. The number of nitrogens with zero attached hydrogens (tertiary/aromatic N) is 1. The predicted molar refractivity (Wildman–Crippen MR) is 58.1 cm³/mol. The van der Waals surface area contributed by atoms with Crippen LogP contribution in [-0.4, -0.2) is 6.54 Å². The third-order valence-corrected chi connectivity index (χ3v) is 2.31. The van der Waals surface area contributed by atoms with Gasteiger partial charge >= 0.3 is 0 Å². The van der Waals surface area contributed by atoms with Gasteiger partial charge in [-0.05, 0) is 24.6 Å². The average molecular weight is 209 g/mol. The van der Waals surface area contributed by atoms with E-state index in [1.807, 2.05) is 24.3 Å². The van der Waals surface area contributed by atoms with E-state index in [0.717, 1.165) is 11.6 Å². The van der Waals surface area contributed by atoms with Crippen molar-refractivity contribution >= 4 is 11.6 Å². The fraction of sp³-hybridized carbons (Fsp3) is 0.364. The lowest BCUT2D eigenvalue weighted by atomic mass is 10.1. The molecule has 0 heterocycles. The molecular weight excluding hydrogens is 196 g/mol. The molecule has 14 heavy (non-hydrogen) atoms. The minimum Gasteiger partial charge on any atom is -0.309 e. The van der Waals surface area contributed by atoms with E-state index < -0.39 is 0 Å². The molecule has 3 heteroatoms. The number of benzene rings is 1. The predicted octanol–water partition coefficient (Wildman–Crippen LogP) is 2.90. The van der Waals surface area contributed by atoms with E-state index in [2.05, 4.69) is 18.3 Å². The minimum absolute atomic E-state index is 0.264. The second kappa shape index (κ2) is 5.64. The van der Waals surface area contributed by atoms with E-state index in [9.17, 15) is 0 Å². The highest BCUT2D eigenvalue weighted by Gasteiger charge is 2.02. The van der Waals surface area contributed by atoms with E-state index in [1.54, 1.807) is 0 Å². The molecule has 0 bridgehead atoms. The fourth-order valence-corrected chi connectivity index (χ4v) is 1.34. The second-order valence-corrected chi connectivity index (χ2v) is 3.57. The van der Waals surface area contributed by atoms with Crippen molar-refractivity contribution in [2.24, 2.45) is 0 Å². The Morgan fingerprint density at radius 3 is 2.64 bits per heavy atom. The maximum atomic E-state index is 8.38. The van der Waals surface area contributed by atoms with E-state index >= 15 is 0 Å². The molecule has 1 N–H and O–H groups in total. The molecule has 0 amide bonds. The van der Waals surface area contributed by atoms with Crippen LogP contribution in [0.15, 0.2) is 24.3 Å². The fourth-order valence-electron chi connectivity index (χ4n) is 1.21. The first-order valence-electron chi connectivity index (χ1n) is 4.60. The zero-order valence-electron chi connectivity index (χ0n) is 8.13. The van der Waals surface area contributed by atoms with Crippen LogP contribution in [0.25, 0.3) is 0 Å². The molecule has 1 aromatic carbocycles. The number of nitriles is 1. The highest BCUT2D eigenvalue weighted by atomic mass is 35.5. The molecule has 1 atom stereocenters. The zero-order valence-corrected chi connectivity index (χ0v) is 8.88. The molecule has 1 aromatic rings. The molecule has 0 unspecified atom stereocenters. The summed E-state index contributed by atoms with van der Waals surface area (Å²) in [5.74, 6) is 0. The summed E-state index contributed by atoms with van der Waals surface area (Å²) in [6, 6.07) is 10.1. The van der Waals surface area contributed by atoms with Gasteiger partial charge in [0.1, 0.15) is 0 Å². The van der Waals surface area contributed by atoms with E-state index in [4.69, 9.17) is 16.9 Å². The molecule has 0 saturated heterocycles. The molecule has 0 aliphatic heterocycles. The van der Waals surface area contributed by atoms with Crippen molar-refractivity contribution < 1.29 is 0 Å². The first-order valence-corrected chi connectivity index (χ1v) is 4.97. The average Bonchev–Trinajstić information content (AvgIpc) is 2.19. The molecule has 0 aromatic heterocycles. The van der Waals surface area contributed by atoms with Crippen molar-refractivity contribution in [3.05, 3.63) is 34.9 Å². The van der Waals surface area contributed by atoms with Crippen LogP contribution in [0.4, 0.5) is 0 Å². The summed E-state index contributed by atoms with van der Waals surface area (Å²) in [6.45, 7) is 2.79. The molecular formula is C11H13ClN2. The van der Waals surface area contributed by atoms with Crippen molar-refractivity contribution in [1.82, 2.24) is 5.32 Å². The molecule has 0 fully saturated rings. The summed E-state index contributed by atoms with van der Waals surface area (Å²) in [7, 11) is 0. The number of halogens is 1. The highest BCUT2D eigenvalue weighted by molar-refractivity contribution is 6.30. The first kappa shape index (κ1) is 11.0. The lowest BCUT2D eigenvalue weighted by molar-refractivity contribution is 0.583.